The molecule has 4 aliphatic rings. The highest BCUT2D eigenvalue weighted by atomic mass is 16.6. The molecule has 0 N–H and O–H groups in total. The Balaban J connectivity index is 1.86. The molecule has 1 aliphatic heterocycles. The van der Waals surface area contributed by atoms with E-state index in [4.69, 9.17) is 4.74 Å². The van der Waals surface area contributed by atoms with Gasteiger partial charge in [0.2, 0.25) is 0 Å². The van der Waals surface area contributed by atoms with Crippen LogP contribution < -0.4 is 0 Å². The summed E-state index contributed by atoms with van der Waals surface area (Å²) in [6, 6.07) is 0. The van der Waals surface area contributed by atoms with Crippen molar-refractivity contribution in [1.29, 1.82) is 0 Å². The third-order valence-corrected chi connectivity index (χ3v) is 7.28. The maximum absolute atomic E-state index is 6.09. The van der Waals surface area contributed by atoms with Crippen LogP contribution in [-0.2, 0) is 4.74 Å². The van der Waals surface area contributed by atoms with Gasteiger partial charge in [-0.3, -0.25) is 0 Å². The van der Waals surface area contributed by atoms with Crippen molar-refractivity contribution in [2.75, 3.05) is 6.61 Å². The maximum atomic E-state index is 6.09. The van der Waals surface area contributed by atoms with Gasteiger partial charge < -0.3 is 4.74 Å². The van der Waals surface area contributed by atoms with E-state index in [-0.39, 0.29) is 0 Å². The molecule has 0 aromatic rings. The predicted molar refractivity (Wildman–Crippen MR) is 64.1 cm³/mol. The van der Waals surface area contributed by atoms with Crippen LogP contribution in [0.4, 0.5) is 0 Å². The van der Waals surface area contributed by atoms with Crippen LogP contribution in [-0.4, -0.2) is 12.2 Å². The van der Waals surface area contributed by atoms with Crippen molar-refractivity contribution in [1.82, 2.24) is 0 Å². The molecule has 1 saturated heterocycles. The van der Waals surface area contributed by atoms with Gasteiger partial charge in [0.1, 0.15) is 5.60 Å². The van der Waals surface area contributed by atoms with Gasteiger partial charge in [0, 0.05) is 0 Å². The second-order valence-corrected chi connectivity index (χ2v) is 7.60. The molecule has 3 aliphatic carbocycles. The van der Waals surface area contributed by atoms with E-state index in [1.165, 1.54) is 32.1 Å². The highest BCUT2D eigenvalue weighted by molar-refractivity contribution is 5.23. The second-order valence-electron chi connectivity index (χ2n) is 7.60. The van der Waals surface area contributed by atoms with Gasteiger partial charge in [-0.05, 0) is 60.7 Å². The molecule has 4 fully saturated rings. The first-order valence-corrected chi connectivity index (χ1v) is 7.17. The van der Waals surface area contributed by atoms with Gasteiger partial charge in [0.15, 0.2) is 0 Å². The third-order valence-electron chi connectivity index (χ3n) is 7.28. The second kappa shape index (κ2) is 2.53. The van der Waals surface area contributed by atoms with Crippen LogP contribution in [0.5, 0.6) is 0 Å². The first kappa shape index (κ1) is 9.94. The fourth-order valence-electron chi connectivity index (χ4n) is 5.96. The summed E-state index contributed by atoms with van der Waals surface area (Å²) in [6.07, 6.45) is 7.38. The number of hydrogen-bond acceptors (Lipinski definition) is 1. The fourth-order valence-corrected chi connectivity index (χ4v) is 5.96. The topological polar surface area (TPSA) is 12.5 Å². The summed E-state index contributed by atoms with van der Waals surface area (Å²) < 4.78 is 6.09. The van der Waals surface area contributed by atoms with E-state index in [0.717, 1.165) is 24.4 Å². The Morgan fingerprint density at radius 3 is 2.56 bits per heavy atom. The lowest BCUT2D eigenvalue weighted by molar-refractivity contribution is -0.0610. The molecule has 2 bridgehead atoms. The molecule has 0 aromatic carbocycles. The zero-order valence-corrected chi connectivity index (χ0v) is 10.9. The van der Waals surface area contributed by atoms with Gasteiger partial charge in [-0.15, -0.1) is 0 Å². The molecule has 16 heavy (non-hydrogen) atoms. The Hall–Kier alpha value is -0.0400. The summed E-state index contributed by atoms with van der Waals surface area (Å²) in [4.78, 5) is 0. The Kier molecular flexibility index (Phi) is 1.57. The summed E-state index contributed by atoms with van der Waals surface area (Å²) in [5.41, 5.74) is 1.44. The Bertz CT molecular complexity index is 341. The first-order chi connectivity index (χ1) is 7.53. The lowest BCUT2D eigenvalue weighted by Gasteiger charge is -2.51. The maximum Gasteiger partial charge on any atom is 0.100 e. The number of epoxide rings is 1. The molecule has 4 rings (SSSR count). The average Bonchev–Trinajstić information content (AvgIpc) is 2.82. The molecular weight excluding hydrogens is 196 g/mol. The number of fused-ring (bicyclic) bond motifs is 2. The average molecular weight is 220 g/mol. The van der Waals surface area contributed by atoms with Crippen LogP contribution in [0, 0.1) is 28.6 Å². The summed E-state index contributed by atoms with van der Waals surface area (Å²) >= 11 is 0. The molecule has 2 spiro atoms. The zero-order chi connectivity index (χ0) is 11.2. The Morgan fingerprint density at radius 1 is 1.12 bits per heavy atom. The van der Waals surface area contributed by atoms with Gasteiger partial charge in [-0.2, -0.15) is 0 Å². The van der Waals surface area contributed by atoms with Crippen molar-refractivity contribution >= 4 is 0 Å². The number of rotatable bonds is 0. The minimum absolute atomic E-state index is 0.303. The van der Waals surface area contributed by atoms with E-state index in [0.29, 0.717) is 16.4 Å². The largest absolute Gasteiger partial charge is 0.369 e. The number of ether oxygens (including phenoxy) is 1. The predicted octanol–water partition coefficient (Wildman–Crippen LogP) is 3.63. The van der Waals surface area contributed by atoms with E-state index in [2.05, 4.69) is 20.8 Å². The van der Waals surface area contributed by atoms with Gasteiger partial charge in [0.25, 0.3) is 0 Å². The van der Waals surface area contributed by atoms with Crippen LogP contribution in [0.25, 0.3) is 0 Å². The smallest absolute Gasteiger partial charge is 0.100 e. The van der Waals surface area contributed by atoms with Gasteiger partial charge in [-0.25, -0.2) is 0 Å². The van der Waals surface area contributed by atoms with Crippen molar-refractivity contribution in [3.8, 4) is 0 Å². The van der Waals surface area contributed by atoms with Crippen LogP contribution in [0.2, 0.25) is 0 Å². The zero-order valence-electron chi connectivity index (χ0n) is 10.9. The van der Waals surface area contributed by atoms with Gasteiger partial charge >= 0.3 is 0 Å². The standard InChI is InChI=1S/C15H24O/c1-10-4-5-12-14(10)7-6-11(8-14)13(2,3)15(12)9-16-15/h10-12H,4-9H2,1-3H3/t10-,11+,12-,14-,15-/m0/s1. The highest BCUT2D eigenvalue weighted by Gasteiger charge is 2.75. The molecule has 1 heteroatoms. The van der Waals surface area contributed by atoms with Crippen LogP contribution in [0.15, 0.2) is 0 Å². The van der Waals surface area contributed by atoms with E-state index in [1.54, 1.807) is 0 Å². The summed E-state index contributed by atoms with van der Waals surface area (Å²) in [5, 5.41) is 0. The molecule has 1 nitrogen and oxygen atoms in total. The molecular formula is C15H24O. The molecule has 1 heterocycles. The van der Waals surface area contributed by atoms with Crippen LogP contribution in [0.3, 0.4) is 0 Å². The van der Waals surface area contributed by atoms with Crippen molar-refractivity contribution < 1.29 is 4.74 Å². The third kappa shape index (κ3) is 0.805. The van der Waals surface area contributed by atoms with E-state index >= 15 is 0 Å². The lowest BCUT2D eigenvalue weighted by atomic mass is 9.52. The molecule has 0 aromatic heterocycles. The van der Waals surface area contributed by atoms with E-state index in [9.17, 15) is 0 Å². The molecule has 5 atom stereocenters. The number of hydrogen-bond donors (Lipinski definition) is 0. The highest BCUT2D eigenvalue weighted by Crippen LogP contribution is 2.75. The SMILES string of the molecule is C[C@H]1CC[C@H]2[C@]13CC[C@H](C3)C(C)(C)[C@]21CO1. The molecule has 0 amide bonds. The Labute approximate surface area is 98.9 Å². The van der Waals surface area contributed by atoms with Crippen molar-refractivity contribution in [3.63, 3.8) is 0 Å². The van der Waals surface area contributed by atoms with Gasteiger partial charge in [-0.1, -0.05) is 20.8 Å². The summed E-state index contributed by atoms with van der Waals surface area (Å²) in [5.74, 6) is 2.79. The molecule has 0 radical (unpaired) electrons. The summed E-state index contributed by atoms with van der Waals surface area (Å²) in [7, 11) is 0. The van der Waals surface area contributed by atoms with Crippen LogP contribution in [0.1, 0.15) is 52.9 Å². The van der Waals surface area contributed by atoms with E-state index < -0.39 is 0 Å². The van der Waals surface area contributed by atoms with Crippen molar-refractivity contribution in [2.45, 2.75) is 58.5 Å². The van der Waals surface area contributed by atoms with Gasteiger partial charge in [0.05, 0.1) is 6.61 Å². The van der Waals surface area contributed by atoms with Crippen molar-refractivity contribution in [2.24, 2.45) is 28.6 Å². The molecule has 0 unspecified atom stereocenters. The molecule has 90 valence electrons. The minimum atomic E-state index is 0.303. The fraction of sp³-hybridized carbons (Fsp3) is 1.00. The normalized spacial score (nSPS) is 61.3. The minimum Gasteiger partial charge on any atom is -0.369 e. The van der Waals surface area contributed by atoms with Crippen LogP contribution >= 0.6 is 0 Å². The summed E-state index contributed by atoms with van der Waals surface area (Å²) in [6.45, 7) is 8.55. The lowest BCUT2D eigenvalue weighted by Crippen LogP contribution is -2.53. The molecule has 3 saturated carbocycles. The van der Waals surface area contributed by atoms with Crippen molar-refractivity contribution in [3.05, 3.63) is 0 Å². The Morgan fingerprint density at radius 2 is 1.88 bits per heavy atom. The monoisotopic (exact) mass is 220 g/mol. The first-order valence-electron chi connectivity index (χ1n) is 7.17. The van der Waals surface area contributed by atoms with E-state index in [1.807, 2.05) is 0 Å². The quantitative estimate of drug-likeness (QED) is 0.568.